The molecule has 0 aliphatic carbocycles. The molecule has 1 aromatic carbocycles. The van der Waals surface area contributed by atoms with Crippen LogP contribution in [0.25, 0.3) is 0 Å². The van der Waals surface area contributed by atoms with Gasteiger partial charge in [-0.15, -0.1) is 0 Å². The summed E-state index contributed by atoms with van der Waals surface area (Å²) in [6.45, 7) is 1.79. The Morgan fingerprint density at radius 3 is 2.45 bits per heavy atom. The van der Waals surface area contributed by atoms with Crippen molar-refractivity contribution < 1.29 is 14.3 Å². The second kappa shape index (κ2) is 9.92. The summed E-state index contributed by atoms with van der Waals surface area (Å²) in [7, 11) is 5.17. The van der Waals surface area contributed by atoms with Crippen LogP contribution in [-0.2, 0) is 14.3 Å². The molecule has 0 heterocycles. The Morgan fingerprint density at radius 1 is 1.14 bits per heavy atom. The van der Waals surface area contributed by atoms with E-state index in [9.17, 15) is 9.59 Å². The molecule has 1 N–H and O–H groups in total. The number of benzene rings is 1. The number of carbonyl (C=O) groups excluding carboxylic acids is 2. The Balaban J connectivity index is 2.32. The minimum absolute atomic E-state index is 0.0413. The smallest absolute Gasteiger partial charge is 0.243 e. The largest absolute Gasteiger partial charge is 0.385 e. The second-order valence-corrected chi connectivity index (χ2v) is 5.25. The van der Waals surface area contributed by atoms with E-state index in [-0.39, 0.29) is 18.4 Å². The zero-order valence-corrected chi connectivity index (χ0v) is 13.5. The normalized spacial score (nSPS) is 10.5. The molecule has 1 aromatic rings. The third-order valence-electron chi connectivity index (χ3n) is 3.16. The minimum atomic E-state index is -0.205. The highest BCUT2D eigenvalue weighted by Crippen LogP contribution is 2.04. The molecule has 0 aliphatic rings. The predicted octanol–water partition coefficient (Wildman–Crippen LogP) is 1.05. The number of likely N-dealkylation sites (N-methyl/N-ethyl adjacent to an activating group) is 2. The van der Waals surface area contributed by atoms with Crippen molar-refractivity contribution in [3.8, 4) is 0 Å². The van der Waals surface area contributed by atoms with E-state index in [1.807, 2.05) is 42.3 Å². The number of amides is 2. The quantitative estimate of drug-likeness (QED) is 0.693. The number of anilines is 1. The van der Waals surface area contributed by atoms with Gasteiger partial charge in [-0.25, -0.2) is 0 Å². The van der Waals surface area contributed by atoms with Gasteiger partial charge in [0.1, 0.15) is 0 Å². The molecule has 2 amide bonds. The Bertz CT molecular complexity index is 465. The molecule has 0 fully saturated rings. The van der Waals surface area contributed by atoms with Crippen LogP contribution in [0, 0.1) is 0 Å². The molecule has 0 spiro atoms. The molecule has 0 aromatic heterocycles. The van der Waals surface area contributed by atoms with Crippen LogP contribution < -0.4 is 5.32 Å². The van der Waals surface area contributed by atoms with Gasteiger partial charge in [-0.3, -0.25) is 14.5 Å². The Kier molecular flexibility index (Phi) is 8.17. The second-order valence-electron chi connectivity index (χ2n) is 5.25. The third-order valence-corrected chi connectivity index (χ3v) is 3.16. The molecule has 0 unspecified atom stereocenters. The van der Waals surface area contributed by atoms with Gasteiger partial charge in [-0.05, 0) is 25.6 Å². The number of methoxy groups -OCH3 is 1. The monoisotopic (exact) mass is 307 g/mol. The number of nitrogens with one attached hydrogen (secondary N) is 1. The maximum absolute atomic E-state index is 12.0. The van der Waals surface area contributed by atoms with E-state index in [0.717, 1.165) is 18.7 Å². The molecule has 0 atom stereocenters. The third kappa shape index (κ3) is 7.19. The van der Waals surface area contributed by atoms with Crippen molar-refractivity contribution in [2.45, 2.75) is 6.42 Å². The van der Waals surface area contributed by atoms with Gasteiger partial charge in [0.15, 0.2) is 0 Å². The van der Waals surface area contributed by atoms with Crippen molar-refractivity contribution >= 4 is 17.5 Å². The lowest BCUT2D eigenvalue weighted by atomic mass is 10.3. The van der Waals surface area contributed by atoms with E-state index in [4.69, 9.17) is 4.74 Å². The Labute approximate surface area is 132 Å². The fourth-order valence-corrected chi connectivity index (χ4v) is 1.94. The van der Waals surface area contributed by atoms with E-state index in [2.05, 4.69) is 5.32 Å². The van der Waals surface area contributed by atoms with Gasteiger partial charge in [0.25, 0.3) is 0 Å². The molecule has 0 saturated carbocycles. The maximum Gasteiger partial charge on any atom is 0.243 e. The van der Waals surface area contributed by atoms with Gasteiger partial charge in [0.05, 0.1) is 13.1 Å². The summed E-state index contributed by atoms with van der Waals surface area (Å²) in [6, 6.07) is 9.19. The summed E-state index contributed by atoms with van der Waals surface area (Å²) in [5.74, 6) is -0.285. The number of para-hydroxylation sites is 1. The van der Waals surface area contributed by atoms with Crippen molar-refractivity contribution in [2.24, 2.45) is 0 Å². The first kappa shape index (κ1) is 18.1. The average Bonchev–Trinajstić information content (AvgIpc) is 2.48. The molecule has 6 nitrogen and oxygen atoms in total. The Hall–Kier alpha value is -1.92. The molecule has 122 valence electrons. The lowest BCUT2D eigenvalue weighted by molar-refractivity contribution is -0.134. The van der Waals surface area contributed by atoms with Crippen molar-refractivity contribution in [1.29, 1.82) is 0 Å². The van der Waals surface area contributed by atoms with Gasteiger partial charge < -0.3 is 15.0 Å². The zero-order valence-electron chi connectivity index (χ0n) is 13.5. The first-order chi connectivity index (χ1) is 10.5. The number of hydrogen-bond donors (Lipinski definition) is 1. The van der Waals surface area contributed by atoms with Crippen LogP contribution in [0.15, 0.2) is 30.3 Å². The summed E-state index contributed by atoms with van der Waals surface area (Å²) in [5, 5.41) is 2.76. The van der Waals surface area contributed by atoms with Crippen LogP contribution >= 0.6 is 0 Å². The maximum atomic E-state index is 12.0. The minimum Gasteiger partial charge on any atom is -0.385 e. The fourth-order valence-electron chi connectivity index (χ4n) is 1.94. The molecular weight excluding hydrogens is 282 g/mol. The highest BCUT2D eigenvalue weighted by Gasteiger charge is 2.14. The van der Waals surface area contributed by atoms with Crippen LogP contribution in [0.3, 0.4) is 0 Å². The molecule has 1 rings (SSSR count). The molecular formula is C16H25N3O3. The SMILES string of the molecule is COCCCN(C)CC(=O)N(C)CC(=O)Nc1ccccc1. The lowest BCUT2D eigenvalue weighted by Gasteiger charge is -2.21. The first-order valence-electron chi connectivity index (χ1n) is 7.29. The zero-order chi connectivity index (χ0) is 16.4. The van der Waals surface area contributed by atoms with Gasteiger partial charge >= 0.3 is 0 Å². The predicted molar refractivity (Wildman–Crippen MR) is 86.7 cm³/mol. The van der Waals surface area contributed by atoms with E-state index in [1.54, 1.807) is 14.2 Å². The molecule has 0 radical (unpaired) electrons. The highest BCUT2D eigenvalue weighted by atomic mass is 16.5. The summed E-state index contributed by atoms with van der Waals surface area (Å²) in [4.78, 5) is 27.3. The summed E-state index contributed by atoms with van der Waals surface area (Å²) >= 11 is 0. The average molecular weight is 307 g/mol. The Morgan fingerprint density at radius 2 is 1.82 bits per heavy atom. The summed E-state index contributed by atoms with van der Waals surface area (Å²) < 4.78 is 4.98. The van der Waals surface area contributed by atoms with E-state index >= 15 is 0 Å². The fraction of sp³-hybridized carbons (Fsp3) is 0.500. The van der Waals surface area contributed by atoms with Crippen LogP contribution in [0.2, 0.25) is 0 Å². The van der Waals surface area contributed by atoms with Gasteiger partial charge in [-0.2, -0.15) is 0 Å². The molecule has 0 aliphatic heterocycles. The van der Waals surface area contributed by atoms with Crippen molar-refractivity contribution in [3.63, 3.8) is 0 Å². The molecule has 6 heteroatoms. The number of hydrogen-bond acceptors (Lipinski definition) is 4. The van der Waals surface area contributed by atoms with E-state index in [0.29, 0.717) is 13.2 Å². The van der Waals surface area contributed by atoms with Gasteiger partial charge in [0.2, 0.25) is 11.8 Å². The van der Waals surface area contributed by atoms with E-state index < -0.39 is 0 Å². The highest BCUT2D eigenvalue weighted by molar-refractivity contribution is 5.94. The summed E-state index contributed by atoms with van der Waals surface area (Å²) in [5.41, 5.74) is 0.727. The van der Waals surface area contributed by atoms with Crippen molar-refractivity contribution in [3.05, 3.63) is 30.3 Å². The molecule has 0 bridgehead atoms. The van der Waals surface area contributed by atoms with Crippen molar-refractivity contribution in [1.82, 2.24) is 9.80 Å². The number of ether oxygens (including phenoxy) is 1. The standard InChI is InChI=1S/C16H25N3O3/c1-18(10-7-11-22-3)13-16(21)19(2)12-15(20)17-14-8-5-4-6-9-14/h4-6,8-9H,7,10-13H2,1-3H3,(H,17,20). The van der Waals surface area contributed by atoms with Crippen LogP contribution in [0.5, 0.6) is 0 Å². The first-order valence-corrected chi connectivity index (χ1v) is 7.29. The van der Waals surface area contributed by atoms with Crippen LogP contribution in [0.4, 0.5) is 5.69 Å². The van der Waals surface area contributed by atoms with E-state index in [1.165, 1.54) is 4.90 Å². The molecule has 22 heavy (non-hydrogen) atoms. The van der Waals surface area contributed by atoms with Crippen LogP contribution in [-0.4, -0.2) is 69.1 Å². The van der Waals surface area contributed by atoms with Crippen molar-refractivity contribution in [2.75, 3.05) is 52.8 Å². The number of carbonyl (C=O) groups is 2. The van der Waals surface area contributed by atoms with Crippen LogP contribution in [0.1, 0.15) is 6.42 Å². The van der Waals surface area contributed by atoms with Gasteiger partial charge in [-0.1, -0.05) is 18.2 Å². The number of rotatable bonds is 9. The van der Waals surface area contributed by atoms with Gasteiger partial charge in [0, 0.05) is 33.0 Å². The summed E-state index contributed by atoms with van der Waals surface area (Å²) in [6.07, 6.45) is 0.873. The molecule has 0 saturated heterocycles. The topological polar surface area (TPSA) is 61.9 Å². The lowest BCUT2D eigenvalue weighted by Crippen LogP contribution is -2.40. The number of nitrogens with zero attached hydrogens (tertiary/aromatic N) is 2.